The lowest BCUT2D eigenvalue weighted by Crippen LogP contribution is -2.17. The Morgan fingerprint density at radius 2 is 2.22 bits per heavy atom. The fraction of sp³-hybridized carbons (Fsp3) is 0.500. The minimum absolute atomic E-state index is 0.146. The topological polar surface area (TPSA) is 43.0 Å². The maximum Gasteiger partial charge on any atom is 0.106 e. The Balaban J connectivity index is 2.29. The van der Waals surface area contributed by atoms with Crippen molar-refractivity contribution in [3.63, 3.8) is 0 Å². The summed E-state index contributed by atoms with van der Waals surface area (Å²) in [4.78, 5) is 0. The zero-order valence-electron chi connectivity index (χ0n) is 11.5. The number of furan rings is 1. The number of aromatic nitrogens is 2. The lowest BCUT2D eigenvalue weighted by molar-refractivity contribution is 0.497. The lowest BCUT2D eigenvalue weighted by Gasteiger charge is -2.13. The lowest BCUT2D eigenvalue weighted by atomic mass is 10.0. The Labute approximate surface area is 108 Å². The summed E-state index contributed by atoms with van der Waals surface area (Å²) >= 11 is 0. The van der Waals surface area contributed by atoms with Gasteiger partial charge in [0.25, 0.3) is 0 Å². The molecule has 0 radical (unpaired) electrons. The molecule has 0 aromatic carbocycles. The maximum atomic E-state index is 5.61. The van der Waals surface area contributed by atoms with Gasteiger partial charge in [0.1, 0.15) is 11.5 Å². The van der Waals surface area contributed by atoms with Gasteiger partial charge in [-0.1, -0.05) is 6.92 Å². The highest BCUT2D eigenvalue weighted by Gasteiger charge is 2.18. The maximum absolute atomic E-state index is 5.61. The van der Waals surface area contributed by atoms with Crippen molar-refractivity contribution in [2.45, 2.75) is 39.8 Å². The molecule has 4 nitrogen and oxygen atoms in total. The van der Waals surface area contributed by atoms with Crippen LogP contribution >= 0.6 is 0 Å². The molecular formula is C14H21N3O. The van der Waals surface area contributed by atoms with Crippen molar-refractivity contribution in [1.29, 1.82) is 0 Å². The first-order valence-electron chi connectivity index (χ1n) is 6.42. The third-order valence-electron chi connectivity index (χ3n) is 3.12. The van der Waals surface area contributed by atoms with Gasteiger partial charge in [0.15, 0.2) is 0 Å². The van der Waals surface area contributed by atoms with Gasteiger partial charge in [-0.15, -0.1) is 0 Å². The van der Waals surface area contributed by atoms with Crippen LogP contribution in [0.1, 0.15) is 42.0 Å². The molecule has 2 aromatic rings. The number of hydrogen-bond donors (Lipinski definition) is 1. The van der Waals surface area contributed by atoms with Gasteiger partial charge in [-0.2, -0.15) is 5.10 Å². The van der Waals surface area contributed by atoms with Crippen LogP contribution in [0.5, 0.6) is 0 Å². The smallest absolute Gasteiger partial charge is 0.106 e. The molecule has 0 saturated heterocycles. The predicted molar refractivity (Wildman–Crippen MR) is 71.6 cm³/mol. The molecule has 0 saturated carbocycles. The number of nitrogens with zero attached hydrogens (tertiary/aromatic N) is 2. The zero-order valence-corrected chi connectivity index (χ0v) is 11.5. The monoisotopic (exact) mass is 247 g/mol. The number of aryl methyl sites for hydroxylation is 3. The standard InChI is InChI=1S/C14H21N3O/c1-5-6-17-9-12(8-16-17)14(15-4)13-7-10(2)18-11(13)3/h7-9,14-15H,5-6H2,1-4H3. The SMILES string of the molecule is CCCn1cc(C(NC)c2cc(C)oc2C)cn1. The second kappa shape index (κ2) is 5.40. The zero-order chi connectivity index (χ0) is 13.1. The molecule has 0 aliphatic rings. The molecule has 0 spiro atoms. The normalized spacial score (nSPS) is 12.9. The van der Waals surface area contributed by atoms with Crippen LogP contribution < -0.4 is 5.32 Å². The molecule has 1 atom stereocenters. The van der Waals surface area contributed by atoms with Crippen LogP contribution in [0, 0.1) is 13.8 Å². The van der Waals surface area contributed by atoms with Gasteiger partial charge in [0, 0.05) is 23.9 Å². The average molecular weight is 247 g/mol. The Kier molecular flexibility index (Phi) is 3.87. The summed E-state index contributed by atoms with van der Waals surface area (Å²) in [6.07, 6.45) is 5.13. The van der Waals surface area contributed by atoms with E-state index in [-0.39, 0.29) is 6.04 Å². The van der Waals surface area contributed by atoms with Crippen LogP contribution in [0.15, 0.2) is 22.9 Å². The molecule has 1 unspecified atom stereocenters. The van der Waals surface area contributed by atoms with Crippen molar-refractivity contribution < 1.29 is 4.42 Å². The van der Waals surface area contributed by atoms with Gasteiger partial charge >= 0.3 is 0 Å². The van der Waals surface area contributed by atoms with E-state index >= 15 is 0 Å². The Morgan fingerprint density at radius 3 is 2.78 bits per heavy atom. The van der Waals surface area contributed by atoms with Crippen molar-refractivity contribution in [3.05, 3.63) is 41.1 Å². The highest BCUT2D eigenvalue weighted by Crippen LogP contribution is 2.26. The van der Waals surface area contributed by atoms with Crippen LogP contribution in [-0.2, 0) is 6.54 Å². The molecule has 2 rings (SSSR count). The summed E-state index contributed by atoms with van der Waals surface area (Å²) in [5, 5.41) is 7.71. The highest BCUT2D eigenvalue weighted by molar-refractivity contribution is 5.32. The van der Waals surface area contributed by atoms with Crippen molar-refractivity contribution in [3.8, 4) is 0 Å². The van der Waals surface area contributed by atoms with Gasteiger partial charge in [-0.25, -0.2) is 0 Å². The van der Waals surface area contributed by atoms with E-state index in [1.807, 2.05) is 31.8 Å². The van der Waals surface area contributed by atoms with E-state index in [1.54, 1.807) is 0 Å². The van der Waals surface area contributed by atoms with Crippen LogP contribution in [-0.4, -0.2) is 16.8 Å². The van der Waals surface area contributed by atoms with Gasteiger partial charge in [-0.3, -0.25) is 4.68 Å². The second-order valence-electron chi connectivity index (χ2n) is 4.63. The quantitative estimate of drug-likeness (QED) is 0.883. The molecule has 1 N–H and O–H groups in total. The van der Waals surface area contributed by atoms with Gasteiger partial charge < -0.3 is 9.73 Å². The Hall–Kier alpha value is -1.55. The summed E-state index contributed by atoms with van der Waals surface area (Å²) in [5.74, 6) is 1.92. The summed E-state index contributed by atoms with van der Waals surface area (Å²) < 4.78 is 7.59. The molecule has 2 heterocycles. The van der Waals surface area contributed by atoms with E-state index < -0.39 is 0 Å². The van der Waals surface area contributed by atoms with E-state index in [2.05, 4.69) is 29.6 Å². The van der Waals surface area contributed by atoms with Crippen LogP contribution in [0.3, 0.4) is 0 Å². The number of rotatable bonds is 5. The molecule has 0 amide bonds. The van der Waals surface area contributed by atoms with Crippen LogP contribution in [0.25, 0.3) is 0 Å². The van der Waals surface area contributed by atoms with Crippen molar-refractivity contribution in [2.24, 2.45) is 0 Å². The largest absolute Gasteiger partial charge is 0.466 e. The molecule has 0 aliphatic carbocycles. The molecule has 18 heavy (non-hydrogen) atoms. The number of nitrogens with one attached hydrogen (secondary N) is 1. The summed E-state index contributed by atoms with van der Waals surface area (Å²) in [7, 11) is 1.96. The van der Waals surface area contributed by atoms with E-state index in [9.17, 15) is 0 Å². The molecule has 0 fully saturated rings. The summed E-state index contributed by atoms with van der Waals surface area (Å²) in [5.41, 5.74) is 2.36. The molecular weight excluding hydrogens is 226 g/mol. The van der Waals surface area contributed by atoms with Crippen molar-refractivity contribution >= 4 is 0 Å². The first kappa shape index (κ1) is 12.9. The predicted octanol–water partition coefficient (Wildman–Crippen LogP) is 2.81. The Morgan fingerprint density at radius 1 is 1.44 bits per heavy atom. The Bertz CT molecular complexity index is 513. The van der Waals surface area contributed by atoms with E-state index in [1.165, 1.54) is 11.1 Å². The second-order valence-corrected chi connectivity index (χ2v) is 4.63. The summed E-state index contributed by atoms with van der Waals surface area (Å²) in [6, 6.07) is 2.24. The third-order valence-corrected chi connectivity index (χ3v) is 3.12. The van der Waals surface area contributed by atoms with Crippen LogP contribution in [0.4, 0.5) is 0 Å². The molecule has 2 aromatic heterocycles. The highest BCUT2D eigenvalue weighted by atomic mass is 16.3. The van der Waals surface area contributed by atoms with Gasteiger partial charge in [0.2, 0.25) is 0 Å². The van der Waals surface area contributed by atoms with Crippen molar-refractivity contribution in [2.75, 3.05) is 7.05 Å². The molecule has 0 bridgehead atoms. The van der Waals surface area contributed by atoms with E-state index in [4.69, 9.17) is 4.42 Å². The van der Waals surface area contributed by atoms with Crippen molar-refractivity contribution in [1.82, 2.24) is 15.1 Å². The first-order valence-corrected chi connectivity index (χ1v) is 6.42. The summed E-state index contributed by atoms with van der Waals surface area (Å²) in [6.45, 7) is 7.09. The van der Waals surface area contributed by atoms with E-state index in [0.29, 0.717) is 0 Å². The molecule has 4 heteroatoms. The molecule has 98 valence electrons. The minimum atomic E-state index is 0.146. The van der Waals surface area contributed by atoms with Crippen LogP contribution in [0.2, 0.25) is 0 Å². The fourth-order valence-corrected chi connectivity index (χ4v) is 2.32. The van der Waals surface area contributed by atoms with E-state index in [0.717, 1.165) is 24.5 Å². The third kappa shape index (κ3) is 2.48. The number of hydrogen-bond acceptors (Lipinski definition) is 3. The van der Waals surface area contributed by atoms with Gasteiger partial charge in [-0.05, 0) is 33.4 Å². The average Bonchev–Trinajstić information content (AvgIpc) is 2.89. The molecule has 0 aliphatic heterocycles. The van der Waals surface area contributed by atoms with Gasteiger partial charge in [0.05, 0.1) is 12.2 Å². The first-order chi connectivity index (χ1) is 8.65. The minimum Gasteiger partial charge on any atom is -0.466 e. The fourth-order valence-electron chi connectivity index (χ4n) is 2.32.